The summed E-state index contributed by atoms with van der Waals surface area (Å²) in [5, 5.41) is 6.18. The second-order valence-corrected chi connectivity index (χ2v) is 14.6. The fraction of sp³-hybridized carbons (Fsp3) is 0.571. The van der Waals surface area contributed by atoms with Gasteiger partial charge in [-0.15, -0.1) is 0 Å². The maximum absolute atomic E-state index is 13.3. The largest absolute Gasteiger partial charge is 0.393 e. The zero-order valence-electron chi connectivity index (χ0n) is 29.0. The Labute approximate surface area is 302 Å². The van der Waals surface area contributed by atoms with Gasteiger partial charge in [0.25, 0.3) is 0 Å². The number of halogens is 6. The summed E-state index contributed by atoms with van der Waals surface area (Å²) in [7, 11) is 0. The van der Waals surface area contributed by atoms with Gasteiger partial charge in [0.1, 0.15) is 23.8 Å². The summed E-state index contributed by atoms with van der Waals surface area (Å²) in [6.45, 7) is 4.57. The number of aromatic nitrogens is 4. The molecule has 3 aromatic heterocycles. The van der Waals surface area contributed by atoms with E-state index in [1.54, 1.807) is 26.8 Å². The van der Waals surface area contributed by atoms with Crippen LogP contribution >= 0.6 is 0 Å². The minimum atomic E-state index is -4.22. The minimum absolute atomic E-state index is 0.0163. The number of pyridine rings is 2. The van der Waals surface area contributed by atoms with E-state index >= 15 is 0 Å². The Morgan fingerprint density at radius 2 is 1.36 bits per heavy atom. The molecule has 2 N–H and O–H groups in total. The lowest BCUT2D eigenvalue weighted by Crippen LogP contribution is -2.48. The van der Waals surface area contributed by atoms with Crippen molar-refractivity contribution in [2.45, 2.75) is 63.0 Å². The first-order valence-corrected chi connectivity index (χ1v) is 18.2. The molecule has 284 valence electrons. The molecule has 12 nitrogen and oxygen atoms in total. The number of alkyl halides is 6. The standard InChI is InChI=1S/C20H22F3N7O.C15H19F3N4/c21-20(22,23)13-2-1-8-29(10-13)17-4-3-15-18(27-17)30(14-6-9-28(15)11-14)19(31)26-16-5-7-24-12-25-16;16-15(17,18)10-2-1-6-22(8-10)13-4-3-12-14(20-13)19-11-5-7-21(12)9-11/h3-5,7,12-14H,1-2,6,8-11H2,(H,24,25,26,31);3-4,10-11H,1-2,5-9H2,(H,19,20)/t13?,14-;10?,11-/m00/s1. The van der Waals surface area contributed by atoms with Crippen LogP contribution in [0.15, 0.2) is 42.9 Å². The second kappa shape index (κ2) is 13.9. The molecule has 6 aliphatic rings. The van der Waals surface area contributed by atoms with Crippen molar-refractivity contribution in [1.29, 1.82) is 0 Å². The van der Waals surface area contributed by atoms with E-state index < -0.39 is 24.2 Å². The molecule has 4 bridgehead atoms. The van der Waals surface area contributed by atoms with Crippen molar-refractivity contribution in [3.05, 3.63) is 42.9 Å². The Morgan fingerprint density at radius 1 is 0.717 bits per heavy atom. The molecule has 0 aromatic carbocycles. The first-order valence-electron chi connectivity index (χ1n) is 18.2. The van der Waals surface area contributed by atoms with E-state index in [0.717, 1.165) is 49.7 Å². The predicted octanol–water partition coefficient (Wildman–Crippen LogP) is 6.15. The molecule has 18 heteroatoms. The SMILES string of the molecule is FC(F)(F)C1CCCN(c2ccc3c(n2)N[C@H]2CCN3C2)C1.O=C(Nc1ccncn1)N1c2nc(N3CCCC(C(F)(F)F)C3)ccc2N2CC[C@H]1C2. The van der Waals surface area contributed by atoms with Crippen molar-refractivity contribution in [2.75, 3.05) is 87.5 Å². The molecular formula is C35H41F6N11O. The summed E-state index contributed by atoms with van der Waals surface area (Å²) in [5.74, 6) is 0.190. The predicted molar refractivity (Wildman–Crippen MR) is 189 cm³/mol. The molecule has 4 saturated heterocycles. The van der Waals surface area contributed by atoms with E-state index in [4.69, 9.17) is 0 Å². The van der Waals surface area contributed by atoms with E-state index in [9.17, 15) is 31.1 Å². The van der Waals surface area contributed by atoms with Crippen LogP contribution in [0.25, 0.3) is 0 Å². The lowest BCUT2D eigenvalue weighted by atomic mass is 9.97. The van der Waals surface area contributed by atoms with Crippen LogP contribution in [0.5, 0.6) is 0 Å². The van der Waals surface area contributed by atoms with Crippen LogP contribution in [-0.4, -0.2) is 103 Å². The van der Waals surface area contributed by atoms with Gasteiger partial charge in [0, 0.05) is 64.6 Å². The lowest BCUT2D eigenvalue weighted by Gasteiger charge is -2.38. The first kappa shape index (κ1) is 35.3. The monoisotopic (exact) mass is 745 g/mol. The van der Waals surface area contributed by atoms with Gasteiger partial charge in [0.2, 0.25) is 0 Å². The average molecular weight is 746 g/mol. The molecule has 9 heterocycles. The van der Waals surface area contributed by atoms with Gasteiger partial charge in [-0.3, -0.25) is 10.2 Å². The number of nitrogens with one attached hydrogen (secondary N) is 2. The normalized spacial score (nSPS) is 24.9. The highest BCUT2D eigenvalue weighted by atomic mass is 19.4. The van der Waals surface area contributed by atoms with E-state index in [0.29, 0.717) is 61.8 Å². The molecule has 4 fully saturated rings. The van der Waals surface area contributed by atoms with Gasteiger partial charge >= 0.3 is 18.4 Å². The van der Waals surface area contributed by atoms with E-state index in [-0.39, 0.29) is 38.0 Å². The molecule has 2 amide bonds. The van der Waals surface area contributed by atoms with Crippen LogP contribution < -0.4 is 35.1 Å². The quantitative estimate of drug-likeness (QED) is 0.304. The third-order valence-corrected chi connectivity index (χ3v) is 11.1. The highest BCUT2D eigenvalue weighted by Gasteiger charge is 2.44. The maximum atomic E-state index is 13.3. The van der Waals surface area contributed by atoms with Gasteiger partial charge in [-0.05, 0) is 68.9 Å². The van der Waals surface area contributed by atoms with Crippen LogP contribution in [0.1, 0.15) is 38.5 Å². The van der Waals surface area contributed by atoms with Gasteiger partial charge < -0.3 is 24.9 Å². The molecule has 53 heavy (non-hydrogen) atoms. The third-order valence-electron chi connectivity index (χ3n) is 11.1. The van der Waals surface area contributed by atoms with Crippen LogP contribution in [0.2, 0.25) is 0 Å². The number of piperidine rings is 2. The number of anilines is 7. The third kappa shape index (κ3) is 7.28. The van der Waals surface area contributed by atoms with Gasteiger partial charge in [0.05, 0.1) is 29.3 Å². The van der Waals surface area contributed by atoms with Crippen LogP contribution in [0.3, 0.4) is 0 Å². The molecule has 0 spiro atoms. The van der Waals surface area contributed by atoms with Crippen LogP contribution in [0, 0.1) is 11.8 Å². The molecule has 0 radical (unpaired) electrons. The van der Waals surface area contributed by atoms with Gasteiger partial charge in [0.15, 0.2) is 11.6 Å². The first-order chi connectivity index (χ1) is 25.4. The Kier molecular flexibility index (Phi) is 9.25. The second-order valence-electron chi connectivity index (χ2n) is 14.6. The number of rotatable bonds is 3. The minimum Gasteiger partial charge on any atom is -0.366 e. The summed E-state index contributed by atoms with van der Waals surface area (Å²) in [6.07, 6.45) is -2.20. The topological polar surface area (TPSA) is 109 Å². The molecule has 0 aliphatic carbocycles. The van der Waals surface area contributed by atoms with Crippen molar-refractivity contribution in [1.82, 2.24) is 19.9 Å². The number of hydrogen-bond donors (Lipinski definition) is 2. The van der Waals surface area contributed by atoms with Crippen molar-refractivity contribution < 1.29 is 31.1 Å². The summed E-state index contributed by atoms with van der Waals surface area (Å²) in [5.41, 5.74) is 1.89. The fourth-order valence-electron chi connectivity index (χ4n) is 8.35. The van der Waals surface area contributed by atoms with E-state index in [2.05, 4.69) is 40.4 Å². The van der Waals surface area contributed by atoms with Gasteiger partial charge in [-0.25, -0.2) is 24.7 Å². The van der Waals surface area contributed by atoms with E-state index in [1.807, 2.05) is 18.2 Å². The fourth-order valence-corrected chi connectivity index (χ4v) is 8.35. The number of nitrogens with zero attached hydrogens (tertiary/aromatic N) is 9. The zero-order chi connectivity index (χ0) is 36.9. The number of amides is 2. The molecule has 0 saturated carbocycles. The molecule has 3 aromatic rings. The molecule has 6 aliphatic heterocycles. The number of carbonyl (C=O) groups is 1. The van der Waals surface area contributed by atoms with Crippen molar-refractivity contribution in [3.63, 3.8) is 0 Å². The Bertz CT molecular complexity index is 1800. The van der Waals surface area contributed by atoms with Crippen molar-refractivity contribution >= 4 is 46.5 Å². The van der Waals surface area contributed by atoms with Crippen LogP contribution in [0.4, 0.5) is 71.6 Å². The highest BCUT2D eigenvalue weighted by molar-refractivity contribution is 6.04. The zero-order valence-corrected chi connectivity index (χ0v) is 29.0. The summed E-state index contributed by atoms with van der Waals surface area (Å²) in [4.78, 5) is 39.8. The summed E-state index contributed by atoms with van der Waals surface area (Å²) in [6, 6.07) is 9.07. The van der Waals surface area contributed by atoms with Gasteiger partial charge in [-0.2, -0.15) is 26.3 Å². The number of carbonyl (C=O) groups excluding carboxylic acids is 1. The number of hydrogen-bond acceptors (Lipinski definition) is 10. The summed E-state index contributed by atoms with van der Waals surface area (Å²) >= 11 is 0. The average Bonchev–Trinajstić information content (AvgIpc) is 3.75. The number of urea groups is 1. The smallest absolute Gasteiger partial charge is 0.366 e. The van der Waals surface area contributed by atoms with Crippen molar-refractivity contribution in [3.8, 4) is 0 Å². The number of fused-ring (bicyclic) bond motifs is 8. The molecular weight excluding hydrogens is 704 g/mol. The molecule has 2 unspecified atom stereocenters. The van der Waals surface area contributed by atoms with Gasteiger partial charge in [-0.1, -0.05) is 0 Å². The Balaban J connectivity index is 0.000000160. The highest BCUT2D eigenvalue weighted by Crippen LogP contribution is 2.42. The Hall–Kier alpha value is -4.77. The van der Waals surface area contributed by atoms with Crippen LogP contribution in [-0.2, 0) is 0 Å². The molecule has 4 atom stereocenters. The molecule has 9 rings (SSSR count). The maximum Gasteiger partial charge on any atom is 0.393 e. The van der Waals surface area contributed by atoms with E-state index in [1.165, 1.54) is 12.5 Å². The lowest BCUT2D eigenvalue weighted by molar-refractivity contribution is -0.176. The summed E-state index contributed by atoms with van der Waals surface area (Å²) < 4.78 is 78.6. The van der Waals surface area contributed by atoms with Crippen molar-refractivity contribution in [2.24, 2.45) is 11.8 Å². The Morgan fingerprint density at radius 3 is 2.02 bits per heavy atom.